The lowest BCUT2D eigenvalue weighted by Crippen LogP contribution is -2.40. The highest BCUT2D eigenvalue weighted by molar-refractivity contribution is 4.85. The highest BCUT2D eigenvalue weighted by Crippen LogP contribution is 2.24. The Hall–Kier alpha value is -0.0800. The van der Waals surface area contributed by atoms with Crippen LogP contribution in [0.2, 0.25) is 0 Å². The lowest BCUT2D eigenvalue weighted by Gasteiger charge is -2.33. The lowest BCUT2D eigenvalue weighted by atomic mass is 9.96. The number of likely N-dealkylation sites (tertiary alicyclic amines) is 1. The molecule has 0 saturated carbocycles. The van der Waals surface area contributed by atoms with Crippen LogP contribution in [0.4, 0.5) is 0 Å². The van der Waals surface area contributed by atoms with Crippen LogP contribution >= 0.6 is 0 Å². The first-order valence-corrected chi connectivity index (χ1v) is 4.95. The molecule has 12 heavy (non-hydrogen) atoms. The van der Waals surface area contributed by atoms with E-state index in [1.165, 1.54) is 25.8 Å². The van der Waals surface area contributed by atoms with E-state index >= 15 is 0 Å². The number of hydrogen-bond donors (Lipinski definition) is 1. The minimum absolute atomic E-state index is 0.394. The van der Waals surface area contributed by atoms with Crippen molar-refractivity contribution in [1.82, 2.24) is 10.2 Å². The summed E-state index contributed by atoms with van der Waals surface area (Å²) in [4.78, 5) is 2.48. The van der Waals surface area contributed by atoms with Crippen LogP contribution in [0.25, 0.3) is 0 Å². The Bertz CT molecular complexity index is 143. The van der Waals surface area contributed by atoms with Crippen molar-refractivity contribution in [3.8, 4) is 0 Å². The van der Waals surface area contributed by atoms with Crippen molar-refractivity contribution in [1.29, 1.82) is 0 Å². The topological polar surface area (TPSA) is 15.3 Å². The molecule has 0 amide bonds. The van der Waals surface area contributed by atoms with Crippen molar-refractivity contribution in [2.24, 2.45) is 0 Å². The van der Waals surface area contributed by atoms with Gasteiger partial charge < -0.3 is 10.2 Å². The fourth-order valence-electron chi connectivity index (χ4n) is 1.80. The van der Waals surface area contributed by atoms with Crippen molar-refractivity contribution < 1.29 is 0 Å². The Kier molecular flexibility index (Phi) is 3.13. The standard InChI is InChI=1S/C10H22N2/c1-10(2)7-5-9(11-3)6-8-12(10)4/h9,11H,5-8H2,1-4H3. The third kappa shape index (κ3) is 2.20. The van der Waals surface area contributed by atoms with E-state index in [1.807, 2.05) is 0 Å². The number of rotatable bonds is 1. The second kappa shape index (κ2) is 3.75. The summed E-state index contributed by atoms with van der Waals surface area (Å²) < 4.78 is 0. The molecule has 1 fully saturated rings. The molecule has 1 aliphatic heterocycles. The van der Waals surface area contributed by atoms with E-state index in [9.17, 15) is 0 Å². The van der Waals surface area contributed by atoms with Gasteiger partial charge in [0, 0.05) is 11.6 Å². The van der Waals surface area contributed by atoms with E-state index in [0.717, 1.165) is 6.04 Å². The van der Waals surface area contributed by atoms with E-state index in [1.54, 1.807) is 0 Å². The molecule has 1 rings (SSSR count). The van der Waals surface area contributed by atoms with Gasteiger partial charge >= 0.3 is 0 Å². The van der Waals surface area contributed by atoms with Gasteiger partial charge in [-0.2, -0.15) is 0 Å². The van der Waals surface area contributed by atoms with Gasteiger partial charge in [0.2, 0.25) is 0 Å². The van der Waals surface area contributed by atoms with Crippen molar-refractivity contribution in [2.45, 2.75) is 44.7 Å². The van der Waals surface area contributed by atoms with E-state index < -0.39 is 0 Å². The van der Waals surface area contributed by atoms with Crippen molar-refractivity contribution in [2.75, 3.05) is 20.6 Å². The molecule has 0 aromatic heterocycles. The molecule has 1 saturated heterocycles. The number of nitrogens with one attached hydrogen (secondary N) is 1. The summed E-state index contributed by atoms with van der Waals surface area (Å²) in [7, 11) is 4.31. The largest absolute Gasteiger partial charge is 0.317 e. The quantitative estimate of drug-likeness (QED) is 0.641. The fraction of sp³-hybridized carbons (Fsp3) is 1.00. The van der Waals surface area contributed by atoms with E-state index in [0.29, 0.717) is 5.54 Å². The molecule has 0 bridgehead atoms. The van der Waals surface area contributed by atoms with Crippen molar-refractivity contribution in [3.05, 3.63) is 0 Å². The zero-order valence-corrected chi connectivity index (χ0v) is 8.85. The molecule has 72 valence electrons. The van der Waals surface area contributed by atoms with Crippen LogP contribution in [0.1, 0.15) is 33.1 Å². The molecule has 0 spiro atoms. The lowest BCUT2D eigenvalue weighted by molar-refractivity contribution is 0.159. The van der Waals surface area contributed by atoms with Gasteiger partial charge in [-0.1, -0.05) is 0 Å². The molecular weight excluding hydrogens is 148 g/mol. The molecule has 1 heterocycles. The van der Waals surface area contributed by atoms with Crippen LogP contribution in [-0.2, 0) is 0 Å². The smallest absolute Gasteiger partial charge is 0.0150 e. The van der Waals surface area contributed by atoms with Crippen molar-refractivity contribution >= 4 is 0 Å². The summed E-state index contributed by atoms with van der Waals surface area (Å²) in [6.07, 6.45) is 3.90. The van der Waals surface area contributed by atoms with Gasteiger partial charge in [-0.05, 0) is 53.8 Å². The predicted molar refractivity (Wildman–Crippen MR) is 53.4 cm³/mol. The number of hydrogen-bond acceptors (Lipinski definition) is 2. The molecule has 1 aliphatic rings. The first kappa shape index (κ1) is 10.0. The predicted octanol–water partition coefficient (Wildman–Crippen LogP) is 1.47. The first-order chi connectivity index (χ1) is 5.56. The monoisotopic (exact) mass is 170 g/mol. The second-order valence-corrected chi connectivity index (χ2v) is 4.55. The Labute approximate surface area is 76.3 Å². The van der Waals surface area contributed by atoms with Gasteiger partial charge in [-0.3, -0.25) is 0 Å². The van der Waals surface area contributed by atoms with Crippen LogP contribution in [-0.4, -0.2) is 37.1 Å². The Morgan fingerprint density at radius 2 is 2.00 bits per heavy atom. The highest BCUT2D eigenvalue weighted by Gasteiger charge is 2.27. The molecule has 0 aromatic carbocycles. The van der Waals surface area contributed by atoms with Crippen LogP contribution < -0.4 is 5.32 Å². The molecule has 1 atom stereocenters. The third-order valence-corrected chi connectivity index (χ3v) is 3.36. The normalized spacial score (nSPS) is 31.5. The molecule has 2 nitrogen and oxygen atoms in total. The van der Waals surface area contributed by atoms with Crippen LogP contribution in [0.15, 0.2) is 0 Å². The molecule has 2 heteroatoms. The average molecular weight is 170 g/mol. The Balaban J connectivity index is 2.53. The van der Waals surface area contributed by atoms with E-state index in [4.69, 9.17) is 0 Å². The Morgan fingerprint density at radius 3 is 2.58 bits per heavy atom. The molecule has 1 N–H and O–H groups in total. The van der Waals surface area contributed by atoms with E-state index in [-0.39, 0.29) is 0 Å². The first-order valence-electron chi connectivity index (χ1n) is 4.95. The maximum Gasteiger partial charge on any atom is 0.0150 e. The van der Waals surface area contributed by atoms with Crippen molar-refractivity contribution in [3.63, 3.8) is 0 Å². The molecular formula is C10H22N2. The summed E-state index contributed by atoms with van der Waals surface area (Å²) in [5.74, 6) is 0. The third-order valence-electron chi connectivity index (χ3n) is 3.36. The minimum atomic E-state index is 0.394. The molecule has 0 radical (unpaired) electrons. The molecule has 0 aromatic rings. The van der Waals surface area contributed by atoms with Gasteiger partial charge in [-0.15, -0.1) is 0 Å². The summed E-state index contributed by atoms with van der Waals surface area (Å²) >= 11 is 0. The SMILES string of the molecule is CNC1CCN(C)C(C)(C)CC1. The minimum Gasteiger partial charge on any atom is -0.317 e. The summed E-state index contributed by atoms with van der Waals surface area (Å²) in [5, 5.41) is 3.38. The fourth-order valence-corrected chi connectivity index (χ4v) is 1.80. The van der Waals surface area contributed by atoms with E-state index in [2.05, 4.69) is 38.2 Å². The summed E-state index contributed by atoms with van der Waals surface area (Å²) in [6.45, 7) is 5.90. The molecule has 1 unspecified atom stereocenters. The Morgan fingerprint density at radius 1 is 1.33 bits per heavy atom. The van der Waals surface area contributed by atoms with Crippen LogP contribution in [0.3, 0.4) is 0 Å². The van der Waals surface area contributed by atoms with Gasteiger partial charge in [0.25, 0.3) is 0 Å². The van der Waals surface area contributed by atoms with Gasteiger partial charge in [-0.25, -0.2) is 0 Å². The van der Waals surface area contributed by atoms with Crippen LogP contribution in [0.5, 0.6) is 0 Å². The van der Waals surface area contributed by atoms with Crippen LogP contribution in [0, 0.1) is 0 Å². The zero-order valence-electron chi connectivity index (χ0n) is 8.85. The summed E-state index contributed by atoms with van der Waals surface area (Å²) in [6, 6.07) is 0.731. The highest BCUT2D eigenvalue weighted by atomic mass is 15.2. The maximum absolute atomic E-state index is 3.38. The molecule has 0 aliphatic carbocycles. The zero-order chi connectivity index (χ0) is 9.19. The number of nitrogens with zero attached hydrogens (tertiary/aromatic N) is 1. The second-order valence-electron chi connectivity index (χ2n) is 4.55. The summed E-state index contributed by atoms with van der Waals surface area (Å²) in [5.41, 5.74) is 0.394. The van der Waals surface area contributed by atoms with Gasteiger partial charge in [0.05, 0.1) is 0 Å². The van der Waals surface area contributed by atoms with Gasteiger partial charge in [0.15, 0.2) is 0 Å². The van der Waals surface area contributed by atoms with Gasteiger partial charge in [0.1, 0.15) is 0 Å². The average Bonchev–Trinajstić information content (AvgIpc) is 2.14. The maximum atomic E-state index is 3.38.